The minimum atomic E-state index is -3.82. The van der Waals surface area contributed by atoms with Crippen LogP contribution < -0.4 is 5.32 Å². The summed E-state index contributed by atoms with van der Waals surface area (Å²) in [6, 6.07) is 5.73. The predicted octanol–water partition coefficient (Wildman–Crippen LogP) is 2.95. The molecule has 0 aliphatic carbocycles. The number of anilines is 1. The Bertz CT molecular complexity index is 928. The molecule has 0 unspecified atom stereocenters. The Morgan fingerprint density at radius 3 is 2.38 bits per heavy atom. The maximum atomic E-state index is 13.7. The molecule has 0 radical (unpaired) electrons. The van der Waals surface area contributed by atoms with Crippen LogP contribution in [0.5, 0.6) is 5.75 Å². The third-order valence-electron chi connectivity index (χ3n) is 3.73. The van der Waals surface area contributed by atoms with Gasteiger partial charge in [-0.1, -0.05) is 13.8 Å². The lowest BCUT2D eigenvalue weighted by molar-refractivity contribution is 0.102. The van der Waals surface area contributed by atoms with Crippen molar-refractivity contribution in [2.75, 3.05) is 18.4 Å². The van der Waals surface area contributed by atoms with E-state index >= 15 is 0 Å². The molecule has 2 aromatic rings. The summed E-state index contributed by atoms with van der Waals surface area (Å²) in [5.41, 5.74) is -0.798. The topological polar surface area (TPSA) is 86.7 Å². The highest BCUT2D eigenvalue weighted by molar-refractivity contribution is 7.89. The standard InChI is InChI=1S/C17H18F2N2O4S/c1-3-21(4-2)26(24,25)12-6-8-16(22)15(10-12)20-17(23)13-9-11(18)5-7-14(13)19/h5-10,22H,3-4H2,1-2H3,(H,20,23). The van der Waals surface area contributed by atoms with Crippen LogP contribution in [0.25, 0.3) is 0 Å². The van der Waals surface area contributed by atoms with Gasteiger partial charge in [0.15, 0.2) is 0 Å². The molecule has 0 saturated heterocycles. The molecule has 0 aliphatic rings. The van der Waals surface area contributed by atoms with Gasteiger partial charge in [0.05, 0.1) is 16.1 Å². The Morgan fingerprint density at radius 1 is 1.12 bits per heavy atom. The molecule has 0 saturated carbocycles. The van der Waals surface area contributed by atoms with E-state index in [9.17, 15) is 27.1 Å². The minimum absolute atomic E-state index is 0.144. The monoisotopic (exact) mass is 384 g/mol. The molecule has 0 atom stereocenters. The van der Waals surface area contributed by atoms with Gasteiger partial charge in [0, 0.05) is 13.1 Å². The molecule has 0 heterocycles. The lowest BCUT2D eigenvalue weighted by atomic mass is 10.2. The summed E-state index contributed by atoms with van der Waals surface area (Å²) in [6.45, 7) is 3.85. The second-order valence-corrected chi connectivity index (χ2v) is 7.28. The van der Waals surface area contributed by atoms with Crippen molar-refractivity contribution in [2.45, 2.75) is 18.7 Å². The molecule has 0 spiro atoms. The Labute approximate surface area is 150 Å². The number of phenolic OH excluding ortho intramolecular Hbond substituents is 1. The number of benzene rings is 2. The molecule has 0 aromatic heterocycles. The maximum absolute atomic E-state index is 13.7. The quantitative estimate of drug-likeness (QED) is 0.750. The highest BCUT2D eigenvalue weighted by atomic mass is 32.2. The Hall–Kier alpha value is -2.52. The molecule has 26 heavy (non-hydrogen) atoms. The fourth-order valence-corrected chi connectivity index (χ4v) is 3.83. The average Bonchev–Trinajstić information content (AvgIpc) is 2.59. The van der Waals surface area contributed by atoms with Crippen molar-refractivity contribution in [1.82, 2.24) is 4.31 Å². The van der Waals surface area contributed by atoms with Crippen LogP contribution in [0.1, 0.15) is 24.2 Å². The predicted molar refractivity (Wildman–Crippen MR) is 92.5 cm³/mol. The number of hydrogen-bond acceptors (Lipinski definition) is 4. The van der Waals surface area contributed by atoms with Gasteiger partial charge in [0.1, 0.15) is 17.4 Å². The second-order valence-electron chi connectivity index (χ2n) is 5.35. The Kier molecular flexibility index (Phi) is 5.94. The van der Waals surface area contributed by atoms with Crippen molar-refractivity contribution in [3.05, 3.63) is 53.6 Å². The first-order valence-electron chi connectivity index (χ1n) is 7.80. The first-order chi connectivity index (χ1) is 12.2. The van der Waals surface area contributed by atoms with Gasteiger partial charge in [-0.05, 0) is 36.4 Å². The molecular formula is C17H18F2N2O4S. The lowest BCUT2D eigenvalue weighted by Gasteiger charge is -2.19. The fraction of sp³-hybridized carbons (Fsp3) is 0.235. The van der Waals surface area contributed by atoms with Crippen LogP contribution in [0.4, 0.5) is 14.5 Å². The van der Waals surface area contributed by atoms with Crippen molar-refractivity contribution < 1.29 is 27.1 Å². The van der Waals surface area contributed by atoms with E-state index in [0.29, 0.717) is 6.07 Å². The van der Waals surface area contributed by atoms with Gasteiger partial charge in [-0.25, -0.2) is 17.2 Å². The summed E-state index contributed by atoms with van der Waals surface area (Å²) in [5, 5.41) is 12.1. The number of carbonyl (C=O) groups is 1. The van der Waals surface area contributed by atoms with Crippen LogP contribution in [-0.4, -0.2) is 36.8 Å². The van der Waals surface area contributed by atoms with Crippen molar-refractivity contribution in [3.8, 4) is 5.75 Å². The van der Waals surface area contributed by atoms with E-state index in [1.54, 1.807) is 13.8 Å². The molecule has 0 fully saturated rings. The van der Waals surface area contributed by atoms with Crippen molar-refractivity contribution in [3.63, 3.8) is 0 Å². The van der Waals surface area contributed by atoms with Gasteiger partial charge in [-0.2, -0.15) is 4.31 Å². The number of rotatable bonds is 6. The van der Waals surface area contributed by atoms with Gasteiger partial charge in [-0.3, -0.25) is 4.79 Å². The molecule has 0 aliphatic heterocycles. The maximum Gasteiger partial charge on any atom is 0.258 e. The number of nitrogens with zero attached hydrogens (tertiary/aromatic N) is 1. The van der Waals surface area contributed by atoms with E-state index in [1.807, 2.05) is 0 Å². The summed E-state index contributed by atoms with van der Waals surface area (Å²) in [7, 11) is -3.82. The lowest BCUT2D eigenvalue weighted by Crippen LogP contribution is -2.30. The highest BCUT2D eigenvalue weighted by Gasteiger charge is 2.23. The molecular weight excluding hydrogens is 366 g/mol. The number of halogens is 2. The van der Waals surface area contributed by atoms with Crippen molar-refractivity contribution >= 4 is 21.6 Å². The molecule has 2 rings (SSSR count). The fourth-order valence-electron chi connectivity index (χ4n) is 2.35. The normalized spacial score (nSPS) is 11.6. The van der Waals surface area contributed by atoms with Crippen LogP contribution in [0.2, 0.25) is 0 Å². The van der Waals surface area contributed by atoms with Crippen molar-refractivity contribution in [1.29, 1.82) is 0 Å². The molecule has 1 amide bonds. The van der Waals surface area contributed by atoms with E-state index in [4.69, 9.17) is 0 Å². The smallest absolute Gasteiger partial charge is 0.258 e. The number of nitrogens with one attached hydrogen (secondary N) is 1. The number of hydrogen-bond donors (Lipinski definition) is 2. The summed E-state index contributed by atoms with van der Waals surface area (Å²) < 4.78 is 53.2. The van der Waals surface area contributed by atoms with E-state index < -0.39 is 38.9 Å². The Morgan fingerprint density at radius 2 is 1.77 bits per heavy atom. The van der Waals surface area contributed by atoms with Crippen LogP contribution >= 0.6 is 0 Å². The summed E-state index contributed by atoms with van der Waals surface area (Å²) in [5.74, 6) is -3.18. The van der Waals surface area contributed by atoms with E-state index in [2.05, 4.69) is 5.32 Å². The molecule has 2 N–H and O–H groups in total. The summed E-state index contributed by atoms with van der Waals surface area (Å²) in [6.07, 6.45) is 0. The number of aromatic hydroxyl groups is 1. The van der Waals surface area contributed by atoms with Gasteiger partial charge >= 0.3 is 0 Å². The van der Waals surface area contributed by atoms with Crippen LogP contribution in [0.3, 0.4) is 0 Å². The minimum Gasteiger partial charge on any atom is -0.506 e. The van der Waals surface area contributed by atoms with Crippen molar-refractivity contribution in [2.24, 2.45) is 0 Å². The second kappa shape index (κ2) is 7.79. The van der Waals surface area contributed by atoms with Crippen LogP contribution in [0, 0.1) is 11.6 Å². The zero-order valence-corrected chi connectivity index (χ0v) is 15.0. The van der Waals surface area contributed by atoms with E-state index in [1.165, 1.54) is 10.4 Å². The molecule has 9 heteroatoms. The third-order valence-corrected chi connectivity index (χ3v) is 5.78. The molecule has 2 aromatic carbocycles. The summed E-state index contributed by atoms with van der Waals surface area (Å²) >= 11 is 0. The SMILES string of the molecule is CCN(CC)S(=O)(=O)c1ccc(O)c(NC(=O)c2cc(F)ccc2F)c1. The summed E-state index contributed by atoms with van der Waals surface area (Å²) in [4.78, 5) is 12.0. The largest absolute Gasteiger partial charge is 0.506 e. The van der Waals surface area contributed by atoms with Gasteiger partial charge in [0.2, 0.25) is 10.0 Å². The van der Waals surface area contributed by atoms with E-state index in [-0.39, 0.29) is 23.7 Å². The third kappa shape index (κ3) is 4.00. The zero-order valence-electron chi connectivity index (χ0n) is 14.2. The van der Waals surface area contributed by atoms with Gasteiger partial charge in [-0.15, -0.1) is 0 Å². The number of amides is 1. The van der Waals surface area contributed by atoms with Crippen LogP contribution in [0.15, 0.2) is 41.3 Å². The van der Waals surface area contributed by atoms with Gasteiger partial charge < -0.3 is 10.4 Å². The van der Waals surface area contributed by atoms with Gasteiger partial charge in [0.25, 0.3) is 5.91 Å². The number of phenols is 1. The number of carbonyl (C=O) groups excluding carboxylic acids is 1. The Balaban J connectivity index is 2.39. The molecule has 6 nitrogen and oxygen atoms in total. The highest BCUT2D eigenvalue weighted by Crippen LogP contribution is 2.28. The molecule has 0 bridgehead atoms. The number of sulfonamides is 1. The average molecular weight is 384 g/mol. The van der Waals surface area contributed by atoms with Crippen LogP contribution in [-0.2, 0) is 10.0 Å². The zero-order chi connectivity index (χ0) is 19.5. The molecule has 140 valence electrons. The van der Waals surface area contributed by atoms with E-state index in [0.717, 1.165) is 24.3 Å². The first-order valence-corrected chi connectivity index (χ1v) is 9.24. The first kappa shape index (κ1) is 19.8.